The van der Waals surface area contributed by atoms with Gasteiger partial charge in [-0.3, -0.25) is 4.79 Å². The van der Waals surface area contributed by atoms with Gasteiger partial charge in [-0.25, -0.2) is 4.39 Å². The number of nitrogens with one attached hydrogen (secondary N) is 1. The molecule has 0 atom stereocenters. The maximum absolute atomic E-state index is 13.7. The molecule has 0 aliphatic carbocycles. The number of carbonyl (C=O) groups is 1. The summed E-state index contributed by atoms with van der Waals surface area (Å²) in [6.45, 7) is 2.81. The van der Waals surface area contributed by atoms with E-state index in [9.17, 15) is 9.18 Å². The smallest absolute Gasteiger partial charge is 0.234 e. The molecule has 7 nitrogen and oxygen atoms in total. The van der Waals surface area contributed by atoms with Gasteiger partial charge in [0.25, 0.3) is 0 Å². The zero-order chi connectivity index (χ0) is 19.5. The van der Waals surface area contributed by atoms with Crippen molar-refractivity contribution in [3.05, 3.63) is 48.3 Å². The van der Waals surface area contributed by atoms with Crippen LogP contribution in [0.1, 0.15) is 6.92 Å². The summed E-state index contributed by atoms with van der Waals surface area (Å²) in [6.07, 6.45) is 0. The molecule has 0 spiro atoms. The van der Waals surface area contributed by atoms with Gasteiger partial charge in [-0.2, -0.15) is 0 Å². The highest BCUT2D eigenvalue weighted by Crippen LogP contribution is 2.36. The number of carbonyl (C=O) groups excluding carboxylic acids is 1. The monoisotopic (exact) mass is 400 g/mol. The molecule has 0 saturated carbocycles. The molecular formula is C19H17FN4O3S. The standard InChI is InChI=1S/C19H17FN4O3S/c1-2-24-18(12-7-8-15-16(9-12)27-11-26-15)22-23-19(24)28-10-17(25)21-14-6-4-3-5-13(14)20/h3-9H,2,10-11H2,1H3,(H,21,25). The van der Waals surface area contributed by atoms with Crippen LogP contribution < -0.4 is 14.8 Å². The van der Waals surface area contributed by atoms with E-state index in [1.165, 1.54) is 23.9 Å². The lowest BCUT2D eigenvalue weighted by atomic mass is 10.2. The Morgan fingerprint density at radius 3 is 2.86 bits per heavy atom. The van der Waals surface area contributed by atoms with Crippen LogP contribution >= 0.6 is 11.8 Å². The molecule has 1 aromatic heterocycles. The molecule has 4 rings (SSSR count). The van der Waals surface area contributed by atoms with Crippen molar-refractivity contribution in [1.29, 1.82) is 0 Å². The number of amides is 1. The Hall–Kier alpha value is -3.07. The van der Waals surface area contributed by atoms with Gasteiger partial charge in [-0.1, -0.05) is 23.9 Å². The van der Waals surface area contributed by atoms with Crippen LogP contribution in [0.3, 0.4) is 0 Å². The highest BCUT2D eigenvalue weighted by molar-refractivity contribution is 7.99. The number of benzene rings is 2. The van der Waals surface area contributed by atoms with E-state index >= 15 is 0 Å². The summed E-state index contributed by atoms with van der Waals surface area (Å²) in [4.78, 5) is 12.2. The number of ether oxygens (including phenoxy) is 2. The summed E-state index contributed by atoms with van der Waals surface area (Å²) in [7, 11) is 0. The lowest BCUT2D eigenvalue weighted by Gasteiger charge is -2.08. The minimum Gasteiger partial charge on any atom is -0.454 e. The largest absolute Gasteiger partial charge is 0.454 e. The van der Waals surface area contributed by atoms with Gasteiger partial charge in [0, 0.05) is 12.1 Å². The van der Waals surface area contributed by atoms with Crippen molar-refractivity contribution in [3.63, 3.8) is 0 Å². The van der Waals surface area contributed by atoms with Crippen molar-refractivity contribution in [2.45, 2.75) is 18.6 Å². The molecular weight excluding hydrogens is 383 g/mol. The number of rotatable bonds is 6. The Kier molecular flexibility index (Phi) is 5.16. The highest BCUT2D eigenvalue weighted by Gasteiger charge is 2.19. The highest BCUT2D eigenvalue weighted by atomic mass is 32.2. The predicted octanol–water partition coefficient (Wildman–Crippen LogP) is 3.56. The Bertz CT molecular complexity index is 1020. The molecule has 0 radical (unpaired) electrons. The minimum atomic E-state index is -0.470. The van der Waals surface area contributed by atoms with E-state index in [0.717, 1.165) is 5.56 Å². The number of anilines is 1. The molecule has 2 heterocycles. The number of halogens is 1. The van der Waals surface area contributed by atoms with Crippen molar-refractivity contribution < 1.29 is 18.7 Å². The Labute approximate surface area is 164 Å². The van der Waals surface area contributed by atoms with Gasteiger partial charge >= 0.3 is 0 Å². The second-order valence-electron chi connectivity index (χ2n) is 5.94. The summed E-state index contributed by atoms with van der Waals surface area (Å²) in [5.74, 6) is 1.35. The van der Waals surface area contributed by atoms with E-state index in [0.29, 0.717) is 29.0 Å². The van der Waals surface area contributed by atoms with Crippen LogP contribution in [0.4, 0.5) is 10.1 Å². The van der Waals surface area contributed by atoms with Crippen LogP contribution in [-0.4, -0.2) is 33.2 Å². The number of hydrogen-bond acceptors (Lipinski definition) is 6. The molecule has 1 amide bonds. The zero-order valence-electron chi connectivity index (χ0n) is 15.0. The Morgan fingerprint density at radius 2 is 2.04 bits per heavy atom. The quantitative estimate of drug-likeness (QED) is 0.638. The number of fused-ring (bicyclic) bond motifs is 1. The lowest BCUT2D eigenvalue weighted by molar-refractivity contribution is -0.113. The summed E-state index contributed by atoms with van der Waals surface area (Å²) >= 11 is 1.24. The van der Waals surface area contributed by atoms with Crippen LogP contribution in [0.5, 0.6) is 11.5 Å². The van der Waals surface area contributed by atoms with Gasteiger partial charge in [0.05, 0.1) is 11.4 Å². The number of hydrogen-bond donors (Lipinski definition) is 1. The van der Waals surface area contributed by atoms with Crippen molar-refractivity contribution in [1.82, 2.24) is 14.8 Å². The van der Waals surface area contributed by atoms with E-state index in [1.807, 2.05) is 29.7 Å². The van der Waals surface area contributed by atoms with Gasteiger partial charge in [0.2, 0.25) is 12.7 Å². The fourth-order valence-electron chi connectivity index (χ4n) is 2.81. The number of para-hydroxylation sites is 1. The van der Waals surface area contributed by atoms with Gasteiger partial charge in [-0.05, 0) is 37.3 Å². The predicted molar refractivity (Wildman–Crippen MR) is 103 cm³/mol. The van der Waals surface area contributed by atoms with Crippen molar-refractivity contribution in [2.75, 3.05) is 17.9 Å². The van der Waals surface area contributed by atoms with Crippen molar-refractivity contribution in [3.8, 4) is 22.9 Å². The van der Waals surface area contributed by atoms with Gasteiger partial charge in [0.1, 0.15) is 5.82 Å². The van der Waals surface area contributed by atoms with E-state index in [1.54, 1.807) is 12.1 Å². The summed E-state index contributed by atoms with van der Waals surface area (Å²) in [6, 6.07) is 11.6. The molecule has 1 aliphatic heterocycles. The molecule has 3 aromatic rings. The molecule has 9 heteroatoms. The zero-order valence-corrected chi connectivity index (χ0v) is 15.8. The van der Waals surface area contributed by atoms with Crippen LogP contribution in [0.25, 0.3) is 11.4 Å². The molecule has 2 aromatic carbocycles. The Balaban J connectivity index is 1.47. The van der Waals surface area contributed by atoms with Gasteiger partial charge in [-0.15, -0.1) is 10.2 Å². The fraction of sp³-hybridized carbons (Fsp3) is 0.211. The first kappa shape index (κ1) is 18.3. The second-order valence-corrected chi connectivity index (χ2v) is 6.88. The number of thioether (sulfide) groups is 1. The first-order valence-electron chi connectivity index (χ1n) is 8.66. The SMILES string of the molecule is CCn1c(SCC(=O)Nc2ccccc2F)nnc1-c1ccc2c(c1)OCO2. The first-order valence-corrected chi connectivity index (χ1v) is 9.64. The van der Waals surface area contributed by atoms with Crippen LogP contribution in [0.2, 0.25) is 0 Å². The molecule has 0 unspecified atom stereocenters. The maximum atomic E-state index is 13.7. The van der Waals surface area contributed by atoms with Crippen LogP contribution in [-0.2, 0) is 11.3 Å². The number of aromatic nitrogens is 3. The first-order chi connectivity index (χ1) is 13.7. The maximum Gasteiger partial charge on any atom is 0.234 e. The molecule has 0 saturated heterocycles. The van der Waals surface area contributed by atoms with E-state index in [4.69, 9.17) is 9.47 Å². The normalized spacial score (nSPS) is 12.2. The third-order valence-corrected chi connectivity index (χ3v) is 5.11. The average molecular weight is 400 g/mol. The van der Waals surface area contributed by atoms with Crippen LogP contribution in [0.15, 0.2) is 47.6 Å². The summed E-state index contributed by atoms with van der Waals surface area (Å²) in [5, 5.41) is 11.6. The molecule has 28 heavy (non-hydrogen) atoms. The van der Waals surface area contributed by atoms with E-state index in [-0.39, 0.29) is 24.1 Å². The summed E-state index contributed by atoms with van der Waals surface area (Å²) < 4.78 is 26.3. The Morgan fingerprint density at radius 1 is 1.21 bits per heavy atom. The number of nitrogens with zero attached hydrogens (tertiary/aromatic N) is 3. The molecule has 1 aliphatic rings. The van der Waals surface area contributed by atoms with E-state index in [2.05, 4.69) is 15.5 Å². The van der Waals surface area contributed by atoms with Crippen molar-refractivity contribution in [2.24, 2.45) is 0 Å². The third-order valence-electron chi connectivity index (χ3n) is 4.14. The molecule has 0 fully saturated rings. The topological polar surface area (TPSA) is 78.3 Å². The average Bonchev–Trinajstić information content (AvgIpc) is 3.33. The third kappa shape index (κ3) is 3.65. The van der Waals surface area contributed by atoms with E-state index < -0.39 is 5.82 Å². The van der Waals surface area contributed by atoms with Crippen molar-refractivity contribution >= 4 is 23.4 Å². The second kappa shape index (κ2) is 7.89. The summed E-state index contributed by atoms with van der Waals surface area (Å²) in [5.41, 5.74) is 1.01. The minimum absolute atomic E-state index is 0.0909. The molecule has 1 N–H and O–H groups in total. The molecule has 144 valence electrons. The van der Waals surface area contributed by atoms with Crippen LogP contribution in [0, 0.1) is 5.82 Å². The lowest BCUT2D eigenvalue weighted by Crippen LogP contribution is -2.15. The van der Waals surface area contributed by atoms with Gasteiger partial charge < -0.3 is 19.4 Å². The molecule has 0 bridgehead atoms. The van der Waals surface area contributed by atoms with Gasteiger partial charge in [0.15, 0.2) is 22.5 Å². The fourth-order valence-corrected chi connectivity index (χ4v) is 3.61.